The van der Waals surface area contributed by atoms with Gasteiger partial charge in [0.1, 0.15) is 0 Å². The van der Waals surface area contributed by atoms with Gasteiger partial charge in [0.15, 0.2) is 0 Å². The molecule has 1 aliphatic heterocycles. The van der Waals surface area contributed by atoms with E-state index in [-0.39, 0.29) is 6.10 Å². The van der Waals surface area contributed by atoms with Crippen LogP contribution in [0.4, 0.5) is 0 Å². The van der Waals surface area contributed by atoms with Crippen LogP contribution in [0, 0.1) is 0 Å². The molecule has 2 atom stereocenters. The van der Waals surface area contributed by atoms with Crippen molar-refractivity contribution in [1.82, 2.24) is 10.3 Å². The first-order valence-electron chi connectivity index (χ1n) is 7.23. The average Bonchev–Trinajstić information content (AvgIpc) is 3.03. The maximum Gasteiger partial charge on any atom is 0.0949 e. The Hall–Kier alpha value is -0.880. The molecule has 0 bridgehead atoms. The van der Waals surface area contributed by atoms with Gasteiger partial charge in [0.25, 0.3) is 0 Å². The number of aromatic nitrogens is 1. The standard InChI is InChI=1S/C16H20N2OS2/c1-17-13(15-11-20-8-7-19-15)9-16-18-14(10-21-16)12-5-3-2-4-6-12/h2-6,10,13,15,17H,7-9,11H2,1H3. The monoisotopic (exact) mass is 320 g/mol. The molecule has 21 heavy (non-hydrogen) atoms. The van der Waals surface area contributed by atoms with E-state index in [2.05, 4.69) is 35.0 Å². The number of benzene rings is 1. The summed E-state index contributed by atoms with van der Waals surface area (Å²) in [6.07, 6.45) is 1.22. The van der Waals surface area contributed by atoms with Gasteiger partial charge >= 0.3 is 0 Å². The highest BCUT2D eigenvalue weighted by Crippen LogP contribution is 2.24. The van der Waals surface area contributed by atoms with Crippen molar-refractivity contribution in [3.63, 3.8) is 0 Å². The van der Waals surface area contributed by atoms with Crippen LogP contribution in [0.1, 0.15) is 5.01 Å². The SMILES string of the molecule is CNC(Cc1nc(-c2ccccc2)cs1)C1CSCCO1. The molecule has 0 aliphatic carbocycles. The predicted octanol–water partition coefficient (Wildman–Crippen LogP) is 3.07. The van der Waals surface area contributed by atoms with Gasteiger partial charge < -0.3 is 10.1 Å². The van der Waals surface area contributed by atoms with Crippen LogP contribution in [0.5, 0.6) is 0 Å². The van der Waals surface area contributed by atoms with Gasteiger partial charge in [0, 0.05) is 34.9 Å². The molecule has 2 unspecified atom stereocenters. The molecule has 2 aromatic rings. The molecule has 2 heterocycles. The molecule has 0 amide bonds. The summed E-state index contributed by atoms with van der Waals surface area (Å²) in [4.78, 5) is 4.78. The van der Waals surface area contributed by atoms with Gasteiger partial charge in [-0.1, -0.05) is 30.3 Å². The Labute approximate surface area is 134 Å². The molecule has 1 aromatic heterocycles. The minimum atomic E-state index is 0.290. The molecule has 0 saturated carbocycles. The highest BCUT2D eigenvalue weighted by Gasteiger charge is 2.24. The number of hydrogen-bond acceptors (Lipinski definition) is 5. The van der Waals surface area contributed by atoms with E-state index in [4.69, 9.17) is 9.72 Å². The van der Waals surface area contributed by atoms with Gasteiger partial charge in [-0.25, -0.2) is 4.98 Å². The van der Waals surface area contributed by atoms with Crippen LogP contribution in [-0.4, -0.2) is 42.3 Å². The van der Waals surface area contributed by atoms with Crippen LogP contribution in [0.15, 0.2) is 35.7 Å². The fourth-order valence-corrected chi connectivity index (χ4v) is 4.30. The molecule has 112 valence electrons. The second-order valence-electron chi connectivity index (χ2n) is 5.08. The third-order valence-electron chi connectivity index (χ3n) is 3.68. The van der Waals surface area contributed by atoms with Crippen LogP contribution in [-0.2, 0) is 11.2 Å². The molecule has 1 fully saturated rings. The smallest absolute Gasteiger partial charge is 0.0949 e. The number of thioether (sulfide) groups is 1. The first-order valence-corrected chi connectivity index (χ1v) is 9.26. The van der Waals surface area contributed by atoms with Crippen molar-refractivity contribution < 1.29 is 4.74 Å². The second kappa shape index (κ2) is 7.40. The molecule has 1 aliphatic rings. The van der Waals surface area contributed by atoms with E-state index in [1.54, 1.807) is 11.3 Å². The lowest BCUT2D eigenvalue weighted by molar-refractivity contribution is 0.0492. The fraction of sp³-hybridized carbons (Fsp3) is 0.438. The lowest BCUT2D eigenvalue weighted by Gasteiger charge is -2.29. The van der Waals surface area contributed by atoms with Crippen molar-refractivity contribution in [3.8, 4) is 11.3 Å². The topological polar surface area (TPSA) is 34.2 Å². The number of likely N-dealkylation sites (N-methyl/N-ethyl adjacent to an activating group) is 1. The Morgan fingerprint density at radius 3 is 2.95 bits per heavy atom. The quantitative estimate of drug-likeness (QED) is 0.918. The van der Waals surface area contributed by atoms with E-state index < -0.39 is 0 Å². The summed E-state index contributed by atoms with van der Waals surface area (Å²) in [6.45, 7) is 0.862. The Morgan fingerprint density at radius 1 is 1.38 bits per heavy atom. The van der Waals surface area contributed by atoms with E-state index in [0.29, 0.717) is 6.04 Å². The summed E-state index contributed by atoms with van der Waals surface area (Å²) in [7, 11) is 2.01. The lowest BCUT2D eigenvalue weighted by atomic mass is 10.1. The van der Waals surface area contributed by atoms with Crippen molar-refractivity contribution >= 4 is 23.1 Å². The van der Waals surface area contributed by atoms with Gasteiger partial charge in [-0.3, -0.25) is 0 Å². The van der Waals surface area contributed by atoms with Gasteiger partial charge in [-0.15, -0.1) is 11.3 Å². The van der Waals surface area contributed by atoms with Gasteiger partial charge in [0.2, 0.25) is 0 Å². The van der Waals surface area contributed by atoms with Crippen molar-refractivity contribution in [2.45, 2.75) is 18.6 Å². The van der Waals surface area contributed by atoms with Crippen LogP contribution in [0.2, 0.25) is 0 Å². The number of ether oxygens (including phenoxy) is 1. The molecule has 0 radical (unpaired) electrons. The normalized spacial score (nSPS) is 20.3. The highest BCUT2D eigenvalue weighted by atomic mass is 32.2. The minimum absolute atomic E-state index is 0.290. The summed E-state index contributed by atoms with van der Waals surface area (Å²) >= 11 is 3.72. The Bertz CT molecular complexity index is 552. The van der Waals surface area contributed by atoms with E-state index in [9.17, 15) is 0 Å². The zero-order valence-corrected chi connectivity index (χ0v) is 13.8. The highest BCUT2D eigenvalue weighted by molar-refractivity contribution is 7.99. The minimum Gasteiger partial charge on any atom is -0.375 e. The zero-order valence-electron chi connectivity index (χ0n) is 12.1. The summed E-state index contributed by atoms with van der Waals surface area (Å²) in [5.41, 5.74) is 2.26. The summed E-state index contributed by atoms with van der Waals surface area (Å²) < 4.78 is 5.89. The van der Waals surface area contributed by atoms with Crippen molar-refractivity contribution in [2.75, 3.05) is 25.2 Å². The van der Waals surface area contributed by atoms with E-state index in [0.717, 1.165) is 30.2 Å². The zero-order chi connectivity index (χ0) is 14.5. The van der Waals surface area contributed by atoms with E-state index in [1.165, 1.54) is 10.6 Å². The maximum absolute atomic E-state index is 5.89. The number of nitrogens with one attached hydrogen (secondary N) is 1. The van der Waals surface area contributed by atoms with Gasteiger partial charge in [0.05, 0.1) is 23.4 Å². The first kappa shape index (κ1) is 15.0. The Balaban J connectivity index is 1.68. The molecule has 1 N–H and O–H groups in total. The third kappa shape index (κ3) is 3.86. The number of rotatable bonds is 5. The molecule has 3 rings (SSSR count). The van der Waals surface area contributed by atoms with E-state index >= 15 is 0 Å². The van der Waals surface area contributed by atoms with Crippen molar-refractivity contribution in [3.05, 3.63) is 40.7 Å². The molecule has 1 saturated heterocycles. The van der Waals surface area contributed by atoms with Crippen molar-refractivity contribution in [1.29, 1.82) is 0 Å². The van der Waals surface area contributed by atoms with Crippen molar-refractivity contribution in [2.24, 2.45) is 0 Å². The Morgan fingerprint density at radius 2 is 2.24 bits per heavy atom. The summed E-state index contributed by atoms with van der Waals surface area (Å²) in [6, 6.07) is 10.7. The molecule has 3 nitrogen and oxygen atoms in total. The lowest BCUT2D eigenvalue weighted by Crippen LogP contribution is -2.44. The first-order chi connectivity index (χ1) is 10.4. The van der Waals surface area contributed by atoms with Crippen LogP contribution in [0.3, 0.4) is 0 Å². The molecular weight excluding hydrogens is 300 g/mol. The maximum atomic E-state index is 5.89. The second-order valence-corrected chi connectivity index (χ2v) is 7.17. The number of nitrogens with zero attached hydrogens (tertiary/aromatic N) is 1. The molecular formula is C16H20N2OS2. The van der Waals surface area contributed by atoms with Crippen LogP contribution in [0.25, 0.3) is 11.3 Å². The fourth-order valence-electron chi connectivity index (χ4n) is 2.49. The van der Waals surface area contributed by atoms with Crippen LogP contribution < -0.4 is 5.32 Å². The summed E-state index contributed by atoms with van der Waals surface area (Å²) in [5, 5.41) is 6.72. The predicted molar refractivity (Wildman–Crippen MR) is 91.2 cm³/mol. The third-order valence-corrected chi connectivity index (χ3v) is 5.57. The van der Waals surface area contributed by atoms with Gasteiger partial charge in [-0.2, -0.15) is 11.8 Å². The molecule has 0 spiro atoms. The molecule has 5 heteroatoms. The molecule has 1 aromatic carbocycles. The largest absolute Gasteiger partial charge is 0.375 e. The Kier molecular flexibility index (Phi) is 5.30. The van der Waals surface area contributed by atoms with Gasteiger partial charge in [-0.05, 0) is 7.05 Å². The summed E-state index contributed by atoms with van der Waals surface area (Å²) in [5.74, 6) is 2.19. The number of hydrogen-bond donors (Lipinski definition) is 1. The average molecular weight is 320 g/mol. The number of thiazole rings is 1. The van der Waals surface area contributed by atoms with E-state index in [1.807, 2.05) is 24.9 Å². The van der Waals surface area contributed by atoms with Crippen LogP contribution >= 0.6 is 23.1 Å².